The van der Waals surface area contributed by atoms with Crippen molar-refractivity contribution in [1.29, 1.82) is 0 Å². The van der Waals surface area contributed by atoms with Gasteiger partial charge in [0.15, 0.2) is 12.3 Å². The molecule has 4 aromatic rings. The van der Waals surface area contributed by atoms with Crippen LogP contribution in [0.3, 0.4) is 0 Å². The minimum atomic E-state index is -4.48. The van der Waals surface area contributed by atoms with Crippen LogP contribution in [0.2, 0.25) is 0 Å². The number of ether oxygens (including phenoxy) is 1. The Kier molecular flexibility index (Phi) is 12.5. The van der Waals surface area contributed by atoms with E-state index in [4.69, 9.17) is 4.74 Å². The van der Waals surface area contributed by atoms with Crippen LogP contribution in [0, 0.1) is 13.8 Å². The fraction of sp³-hybridized carbons (Fsp3) is 0.303. The zero-order chi connectivity index (χ0) is 32.4. The van der Waals surface area contributed by atoms with Crippen LogP contribution in [-0.2, 0) is 26.8 Å². The third-order valence-electron chi connectivity index (χ3n) is 7.80. The van der Waals surface area contributed by atoms with Gasteiger partial charge >= 0.3 is 51.4 Å². The summed E-state index contributed by atoms with van der Waals surface area (Å²) in [5, 5.41) is 0.948. The van der Waals surface area contributed by atoms with Crippen LogP contribution in [0.1, 0.15) is 42.3 Å². The topological polar surface area (TPSA) is 131 Å². The fourth-order valence-corrected chi connectivity index (χ4v) is 7.46. The maximum absolute atomic E-state index is 11.6. The average molecular weight is 707 g/mol. The first-order chi connectivity index (χ1) is 21.3. The number of anilines is 1. The molecular formula is C33H35KN2O7S3. The molecule has 13 heteroatoms. The average Bonchev–Trinajstić information content (AvgIpc) is 3.49. The van der Waals surface area contributed by atoms with Crippen molar-refractivity contribution in [1.82, 2.24) is 0 Å². The van der Waals surface area contributed by atoms with Gasteiger partial charge in [0, 0.05) is 36.9 Å². The zero-order valence-corrected chi connectivity index (χ0v) is 31.9. The van der Waals surface area contributed by atoms with E-state index in [1.807, 2.05) is 68.5 Å². The molecule has 0 fully saturated rings. The molecule has 0 spiro atoms. The Morgan fingerprint density at radius 1 is 0.913 bits per heavy atom. The van der Waals surface area contributed by atoms with Crippen molar-refractivity contribution in [2.24, 2.45) is 0 Å². The molecule has 0 bridgehead atoms. The molecule has 1 aliphatic rings. The van der Waals surface area contributed by atoms with Gasteiger partial charge in [0.1, 0.15) is 4.70 Å². The van der Waals surface area contributed by atoms with Crippen molar-refractivity contribution in [2.45, 2.75) is 46.6 Å². The Morgan fingerprint density at radius 2 is 1.61 bits per heavy atom. The first-order valence-electron chi connectivity index (χ1n) is 14.7. The van der Waals surface area contributed by atoms with Crippen LogP contribution >= 0.6 is 11.3 Å². The minimum Gasteiger partial charge on any atom is -0.748 e. The predicted octanol–water partition coefficient (Wildman–Crippen LogP) is 2.88. The summed E-state index contributed by atoms with van der Waals surface area (Å²) in [5.74, 6) is 0.00861. The molecule has 1 aromatic heterocycles. The first kappa shape index (κ1) is 36.9. The second-order valence-electron chi connectivity index (χ2n) is 11.1. The normalized spacial score (nSPS) is 14.4. The first-order valence-corrected chi connectivity index (χ1v) is 18.7. The third kappa shape index (κ3) is 9.37. The number of aryl methyl sites for hydroxylation is 3. The number of aromatic nitrogens is 1. The van der Waals surface area contributed by atoms with Gasteiger partial charge in [-0.2, -0.15) is 4.57 Å². The summed E-state index contributed by atoms with van der Waals surface area (Å²) in [4.78, 5) is 1.73. The number of hydrogen-bond donors (Lipinski definition) is 0. The number of nitrogens with zero attached hydrogens (tertiary/aromatic N) is 2. The van der Waals surface area contributed by atoms with Crippen molar-refractivity contribution in [3.63, 3.8) is 0 Å². The molecular weight excluding hydrogens is 672 g/mol. The molecule has 46 heavy (non-hydrogen) atoms. The van der Waals surface area contributed by atoms with E-state index in [9.17, 15) is 25.9 Å². The molecule has 1 aliphatic heterocycles. The Hall–Kier alpha value is -1.91. The van der Waals surface area contributed by atoms with Gasteiger partial charge in [-0.15, -0.1) is 0 Å². The van der Waals surface area contributed by atoms with Crippen molar-refractivity contribution < 1.29 is 86.6 Å². The second kappa shape index (κ2) is 15.5. The zero-order valence-electron chi connectivity index (χ0n) is 26.4. The van der Waals surface area contributed by atoms with E-state index in [2.05, 4.69) is 29.7 Å². The van der Waals surface area contributed by atoms with Gasteiger partial charge < -0.3 is 18.7 Å². The van der Waals surface area contributed by atoms with Crippen LogP contribution in [-0.4, -0.2) is 44.0 Å². The van der Waals surface area contributed by atoms with Gasteiger partial charge in [-0.1, -0.05) is 54.7 Å². The van der Waals surface area contributed by atoms with Gasteiger partial charge in [-0.25, -0.2) is 16.8 Å². The minimum absolute atomic E-state index is 0. The summed E-state index contributed by atoms with van der Waals surface area (Å²) in [6, 6.07) is 19.8. The van der Waals surface area contributed by atoms with Crippen LogP contribution in [0.4, 0.5) is 5.69 Å². The van der Waals surface area contributed by atoms with Crippen molar-refractivity contribution in [2.75, 3.05) is 23.0 Å². The van der Waals surface area contributed by atoms with Crippen LogP contribution in [0.25, 0.3) is 27.4 Å². The van der Waals surface area contributed by atoms with E-state index in [-0.39, 0.29) is 64.4 Å². The van der Waals surface area contributed by atoms with E-state index in [1.165, 1.54) is 0 Å². The van der Waals surface area contributed by atoms with Gasteiger partial charge in [0.2, 0.25) is 11.4 Å². The van der Waals surface area contributed by atoms with Crippen LogP contribution in [0.15, 0.2) is 78.2 Å². The Labute approximate surface area is 317 Å². The second-order valence-corrected chi connectivity index (χ2v) is 15.2. The third-order valence-corrected chi connectivity index (χ3v) is 10.4. The van der Waals surface area contributed by atoms with Crippen molar-refractivity contribution >= 4 is 53.6 Å². The molecule has 0 atom stereocenters. The predicted molar refractivity (Wildman–Crippen MR) is 176 cm³/mol. The van der Waals surface area contributed by atoms with Crippen molar-refractivity contribution in [3.8, 4) is 16.9 Å². The molecule has 5 rings (SSSR count). The molecule has 0 radical (unpaired) electrons. The van der Waals surface area contributed by atoms with Crippen LogP contribution < -0.4 is 65.6 Å². The summed E-state index contributed by atoms with van der Waals surface area (Å²) >= 11 is 1.62. The number of hydrogen-bond acceptors (Lipinski definition) is 9. The van der Waals surface area contributed by atoms with Crippen molar-refractivity contribution in [3.05, 3.63) is 94.3 Å². The van der Waals surface area contributed by atoms with E-state index in [0.29, 0.717) is 36.7 Å². The number of benzene rings is 3. The molecule has 0 saturated heterocycles. The smallest absolute Gasteiger partial charge is 0.748 e. The van der Waals surface area contributed by atoms with Gasteiger partial charge in [-0.05, 0) is 72.7 Å². The Balaban J connectivity index is 0.00000480. The summed E-state index contributed by atoms with van der Waals surface area (Å²) in [5.41, 5.74) is 6.85. The van der Waals surface area contributed by atoms with Gasteiger partial charge in [0.05, 0.1) is 31.7 Å². The van der Waals surface area contributed by atoms with Crippen LogP contribution in [0.5, 0.6) is 5.75 Å². The summed E-state index contributed by atoms with van der Waals surface area (Å²) in [7, 11) is -8.76. The van der Waals surface area contributed by atoms with E-state index in [1.54, 1.807) is 16.2 Å². The molecule has 2 heterocycles. The molecule has 0 unspecified atom stereocenters. The molecule has 3 aromatic carbocycles. The van der Waals surface area contributed by atoms with E-state index >= 15 is 0 Å². The van der Waals surface area contributed by atoms with Gasteiger partial charge in [-0.3, -0.25) is 0 Å². The number of allylic oxidation sites excluding steroid dienone is 2. The standard InChI is InChI=1S/C33H36N2O7S3.K/c1-4-25(21-33-35(14-8-9-16-44(36,37)38)29-18-23(2)24(3)19-31(29)43-33)20-32-34(15-17-45(39,40)41)28-22-27(12-13-30(28)42-32)26-10-6-5-7-11-26;/h5-7,10-13,18-22H,4,8-9,14-17H2,1-3H3,(H-,36,37,38,39,40,41);/q;+1/p-1. The largest absolute Gasteiger partial charge is 1.00 e. The Bertz CT molecular complexity index is 2010. The van der Waals surface area contributed by atoms with Gasteiger partial charge in [0.25, 0.3) is 5.01 Å². The summed E-state index contributed by atoms with van der Waals surface area (Å²) in [6.45, 7) is 6.59. The molecule has 0 N–H and O–H groups in total. The summed E-state index contributed by atoms with van der Waals surface area (Å²) < 4.78 is 77.9. The quantitative estimate of drug-likeness (QED) is 0.0952. The summed E-state index contributed by atoms with van der Waals surface area (Å²) in [6.07, 6.45) is 5.34. The monoisotopic (exact) mass is 706 g/mol. The Morgan fingerprint density at radius 3 is 2.28 bits per heavy atom. The SMILES string of the molecule is CCC(=Cc1sc2cc(C)c(C)cc2[n+]1CCCCS(=O)(=O)[O-])C=C1Oc2ccc(-c3ccccc3)cc2N1CCS(=O)(=O)[O-].[K+]. The number of thiazole rings is 1. The number of rotatable bonds is 12. The molecule has 9 nitrogen and oxygen atoms in total. The molecule has 238 valence electrons. The van der Waals surface area contributed by atoms with E-state index in [0.717, 1.165) is 43.1 Å². The molecule has 0 saturated carbocycles. The molecule has 0 aliphatic carbocycles. The number of fused-ring (bicyclic) bond motifs is 2. The maximum Gasteiger partial charge on any atom is 1.00 e. The maximum atomic E-state index is 11.6. The molecule has 0 amide bonds. The van der Waals surface area contributed by atoms with E-state index < -0.39 is 31.7 Å². The fourth-order valence-electron chi connectivity index (χ4n) is 5.26. The number of unbranched alkanes of at least 4 members (excludes halogenated alkanes) is 1.